The van der Waals surface area contributed by atoms with Crippen molar-refractivity contribution in [2.75, 3.05) is 18.5 Å². The Hall–Kier alpha value is 0.430. The van der Waals surface area contributed by atoms with Crippen LogP contribution >= 0.6 is 7.26 Å². The zero-order valence-electron chi connectivity index (χ0n) is 13.3. The molecule has 0 aliphatic carbocycles. The van der Waals surface area contributed by atoms with E-state index in [0.717, 1.165) is 0 Å². The van der Waals surface area contributed by atoms with Crippen LogP contribution in [0.2, 0.25) is 0 Å². The highest BCUT2D eigenvalue weighted by Gasteiger charge is 2.37. The largest absolute Gasteiger partial charge is 0.120 e. The van der Waals surface area contributed by atoms with Crippen LogP contribution in [0.5, 0.6) is 0 Å². The molecular formula is C16H36P. The lowest BCUT2D eigenvalue weighted by atomic mass is 10.2. The third-order valence-corrected chi connectivity index (χ3v) is 10.6. The fourth-order valence-corrected chi connectivity index (χ4v) is 8.17. The van der Waals surface area contributed by atoms with Crippen LogP contribution < -0.4 is 0 Å². The van der Waals surface area contributed by atoms with E-state index in [9.17, 15) is 0 Å². The van der Waals surface area contributed by atoms with Gasteiger partial charge in [-0.05, 0) is 42.9 Å². The zero-order valence-corrected chi connectivity index (χ0v) is 14.2. The predicted octanol–water partition coefficient (Wildman–Crippen LogP) is 6.20. The summed E-state index contributed by atoms with van der Waals surface area (Å²) in [6, 6.07) is 0. The van der Waals surface area contributed by atoms with Crippen LogP contribution in [0.25, 0.3) is 0 Å². The van der Waals surface area contributed by atoms with Crippen LogP contribution in [0.4, 0.5) is 0 Å². The van der Waals surface area contributed by atoms with E-state index in [-0.39, 0.29) is 0 Å². The van der Waals surface area contributed by atoms with E-state index in [0.29, 0.717) is 5.16 Å². The molecule has 0 fully saturated rings. The van der Waals surface area contributed by atoms with E-state index in [2.05, 4.69) is 41.5 Å². The number of hydrogen-bond donors (Lipinski definition) is 0. The van der Waals surface area contributed by atoms with Gasteiger partial charge in [0.15, 0.2) is 0 Å². The molecular weight excluding hydrogens is 223 g/mol. The maximum atomic E-state index is 2.52. The molecule has 0 N–H and O–H groups in total. The molecule has 0 nitrogen and oxygen atoms in total. The van der Waals surface area contributed by atoms with E-state index in [1.165, 1.54) is 38.5 Å². The molecule has 0 spiro atoms. The van der Waals surface area contributed by atoms with Gasteiger partial charge in [-0.1, -0.05) is 60.8 Å². The highest BCUT2D eigenvalue weighted by molar-refractivity contribution is 7.77. The Kier molecular flexibility index (Phi) is 8.73. The van der Waals surface area contributed by atoms with Crippen molar-refractivity contribution in [1.29, 1.82) is 0 Å². The highest BCUT2D eigenvalue weighted by atomic mass is 31.2. The molecule has 0 aromatic carbocycles. The second-order valence-corrected chi connectivity index (χ2v) is 11.5. The summed E-state index contributed by atoms with van der Waals surface area (Å²) in [6.07, 6.45) is 13.1. The average molecular weight is 259 g/mol. The summed E-state index contributed by atoms with van der Waals surface area (Å²) in [5.74, 6) is 0. The summed E-state index contributed by atoms with van der Waals surface area (Å²) < 4.78 is 0. The maximum absolute atomic E-state index is 2.52. The van der Waals surface area contributed by atoms with Crippen LogP contribution in [0.1, 0.15) is 80.1 Å². The Morgan fingerprint density at radius 2 is 0.941 bits per heavy atom. The van der Waals surface area contributed by atoms with Crippen LogP contribution in [0, 0.1) is 0 Å². The first kappa shape index (κ1) is 17.4. The van der Waals surface area contributed by atoms with E-state index in [1.807, 2.05) is 0 Å². The number of rotatable bonds is 9. The Labute approximate surface area is 111 Å². The fraction of sp³-hybridized carbons (Fsp3) is 1.00. The van der Waals surface area contributed by atoms with E-state index in [4.69, 9.17) is 0 Å². The smallest absolute Gasteiger partial charge is 0.0213 e. The monoisotopic (exact) mass is 259 g/mol. The molecule has 0 rings (SSSR count). The predicted molar refractivity (Wildman–Crippen MR) is 86.0 cm³/mol. The third-order valence-electron chi connectivity index (χ3n) is 4.24. The van der Waals surface area contributed by atoms with Crippen molar-refractivity contribution in [3.05, 3.63) is 0 Å². The van der Waals surface area contributed by atoms with Crippen molar-refractivity contribution in [1.82, 2.24) is 0 Å². The topological polar surface area (TPSA) is 0 Å². The molecule has 0 aromatic heterocycles. The van der Waals surface area contributed by atoms with Gasteiger partial charge in [-0.15, -0.1) is 7.26 Å². The molecule has 0 aromatic rings. The van der Waals surface area contributed by atoms with Gasteiger partial charge in [-0.2, -0.15) is 0 Å². The van der Waals surface area contributed by atoms with Crippen LogP contribution in [0.3, 0.4) is 0 Å². The molecule has 0 amide bonds. The Morgan fingerprint density at radius 3 is 1.12 bits per heavy atom. The van der Waals surface area contributed by atoms with Crippen LogP contribution in [0.15, 0.2) is 0 Å². The summed E-state index contributed by atoms with van der Waals surface area (Å²) in [7, 11) is -0.730. The van der Waals surface area contributed by atoms with Crippen molar-refractivity contribution < 1.29 is 0 Å². The molecule has 0 saturated heterocycles. The lowest BCUT2D eigenvalue weighted by Gasteiger charge is -2.48. The van der Waals surface area contributed by atoms with Crippen molar-refractivity contribution in [3.63, 3.8) is 0 Å². The molecule has 0 aliphatic rings. The van der Waals surface area contributed by atoms with E-state index >= 15 is 0 Å². The van der Waals surface area contributed by atoms with Crippen molar-refractivity contribution in [2.45, 2.75) is 85.2 Å². The molecule has 0 atom stereocenters. The first-order valence-electron chi connectivity index (χ1n) is 7.79. The molecule has 1 heteroatoms. The summed E-state index contributed by atoms with van der Waals surface area (Å²) in [5.41, 5.74) is 0. The second kappa shape index (κ2) is 8.52. The number of unbranched alkanes of at least 4 members (excludes halogenated alkanes) is 3. The average Bonchev–Trinajstić information content (AvgIpc) is 2.27. The minimum atomic E-state index is -0.730. The van der Waals surface area contributed by atoms with Gasteiger partial charge in [0.1, 0.15) is 0 Å². The molecule has 0 aliphatic heterocycles. The minimum Gasteiger partial charge on any atom is -0.120 e. The molecule has 105 valence electrons. The minimum absolute atomic E-state index is 0.576. The SMILES string of the molecule is CCCC[P](CCCC)(CCCC)C(C)(C)C. The summed E-state index contributed by atoms with van der Waals surface area (Å²) in [4.78, 5) is 0. The van der Waals surface area contributed by atoms with E-state index in [1.54, 1.807) is 18.5 Å². The lowest BCUT2D eigenvalue weighted by Crippen LogP contribution is -2.27. The van der Waals surface area contributed by atoms with E-state index < -0.39 is 7.26 Å². The first-order valence-corrected chi connectivity index (χ1v) is 10.1. The van der Waals surface area contributed by atoms with Gasteiger partial charge >= 0.3 is 0 Å². The van der Waals surface area contributed by atoms with Gasteiger partial charge in [0.25, 0.3) is 0 Å². The lowest BCUT2D eigenvalue weighted by molar-refractivity contribution is 0.726. The summed E-state index contributed by atoms with van der Waals surface area (Å²) in [5, 5.41) is 0.576. The fourth-order valence-electron chi connectivity index (χ4n) is 2.72. The van der Waals surface area contributed by atoms with Crippen LogP contribution in [-0.4, -0.2) is 23.6 Å². The first-order chi connectivity index (χ1) is 7.93. The Balaban J connectivity index is 4.78. The van der Waals surface area contributed by atoms with Gasteiger partial charge in [0.05, 0.1) is 0 Å². The number of hydrogen-bond acceptors (Lipinski definition) is 0. The van der Waals surface area contributed by atoms with Crippen molar-refractivity contribution in [2.24, 2.45) is 0 Å². The van der Waals surface area contributed by atoms with Gasteiger partial charge in [0, 0.05) is 0 Å². The van der Waals surface area contributed by atoms with Crippen molar-refractivity contribution in [3.8, 4) is 0 Å². The highest BCUT2D eigenvalue weighted by Crippen LogP contribution is 2.69. The quantitative estimate of drug-likeness (QED) is 0.432. The van der Waals surface area contributed by atoms with Crippen molar-refractivity contribution >= 4 is 7.26 Å². The Morgan fingerprint density at radius 1 is 0.647 bits per heavy atom. The molecule has 0 unspecified atom stereocenters. The standard InChI is InChI=1S/C16H36P/c1-7-10-13-17(14-11-8-2,15-12-9-3)16(4,5)6/h7-15H2,1-6H3. The normalized spacial score (nSPS) is 13.1. The third kappa shape index (κ3) is 5.73. The molecule has 0 bridgehead atoms. The van der Waals surface area contributed by atoms with Gasteiger partial charge in [0.2, 0.25) is 0 Å². The summed E-state index contributed by atoms with van der Waals surface area (Å²) >= 11 is 0. The van der Waals surface area contributed by atoms with Crippen LogP contribution in [-0.2, 0) is 0 Å². The van der Waals surface area contributed by atoms with Gasteiger partial charge < -0.3 is 0 Å². The second-order valence-electron chi connectivity index (χ2n) is 6.55. The molecule has 17 heavy (non-hydrogen) atoms. The molecule has 0 saturated carbocycles. The Bertz CT molecular complexity index is 157. The maximum Gasteiger partial charge on any atom is -0.0213 e. The molecule has 0 heterocycles. The van der Waals surface area contributed by atoms with Gasteiger partial charge in [-0.25, -0.2) is 0 Å². The molecule has 1 radical (unpaired) electrons. The summed E-state index contributed by atoms with van der Waals surface area (Å²) in [6.45, 7) is 14.6. The zero-order chi connectivity index (χ0) is 13.4. The van der Waals surface area contributed by atoms with Gasteiger partial charge in [-0.3, -0.25) is 0 Å².